The summed E-state index contributed by atoms with van der Waals surface area (Å²) in [6.07, 6.45) is 37.9. The van der Waals surface area contributed by atoms with E-state index in [9.17, 15) is 8.42 Å². The van der Waals surface area contributed by atoms with E-state index in [4.69, 9.17) is 4.55 Å². The van der Waals surface area contributed by atoms with Crippen LogP contribution in [0.3, 0.4) is 0 Å². The zero-order chi connectivity index (χ0) is 24.3. The first-order valence-corrected chi connectivity index (χ1v) is 16.3. The van der Waals surface area contributed by atoms with Crippen LogP contribution in [0, 0.1) is 0 Å². The van der Waals surface area contributed by atoms with Crippen LogP contribution in [0.2, 0.25) is 0 Å². The van der Waals surface area contributed by atoms with E-state index in [0.29, 0.717) is 0 Å². The molecule has 0 saturated heterocycles. The van der Waals surface area contributed by atoms with Crippen LogP contribution in [-0.4, -0.2) is 18.7 Å². The van der Waals surface area contributed by atoms with E-state index in [-0.39, 0.29) is 5.75 Å². The maximum atomic E-state index is 10.6. The number of rotatable bonds is 27. The summed E-state index contributed by atoms with van der Waals surface area (Å²) < 4.78 is 29.8. The Bertz CT molecular complexity index is 499. The van der Waals surface area contributed by atoms with Gasteiger partial charge in [0.2, 0.25) is 0 Å². The Hall–Kier alpha value is -0.350. The van der Waals surface area contributed by atoms with Crippen molar-refractivity contribution in [1.82, 2.24) is 0 Å². The van der Waals surface area contributed by atoms with E-state index >= 15 is 0 Å². The first kappa shape index (κ1) is 32.7. The molecule has 0 saturated carbocycles. The van der Waals surface area contributed by atoms with Crippen molar-refractivity contribution in [3.8, 4) is 0 Å². The van der Waals surface area contributed by atoms with E-state index in [1.54, 1.807) is 6.08 Å². The second-order valence-corrected chi connectivity index (χ2v) is 11.6. The summed E-state index contributed by atoms with van der Waals surface area (Å²) in [6, 6.07) is 0. The highest BCUT2D eigenvalue weighted by molar-refractivity contribution is 7.85. The van der Waals surface area contributed by atoms with Crippen molar-refractivity contribution in [1.29, 1.82) is 0 Å². The van der Waals surface area contributed by atoms with Crippen LogP contribution in [0.25, 0.3) is 0 Å². The van der Waals surface area contributed by atoms with E-state index in [1.165, 1.54) is 148 Å². The lowest BCUT2D eigenvalue weighted by atomic mass is 10.0. The molecule has 1 N–H and O–H groups in total. The largest absolute Gasteiger partial charge is 0.285 e. The summed E-state index contributed by atoms with van der Waals surface area (Å²) >= 11 is 0. The molecule has 33 heavy (non-hydrogen) atoms. The highest BCUT2D eigenvalue weighted by Gasteiger charge is 1.98. The Morgan fingerprint density at radius 1 is 0.455 bits per heavy atom. The molecular weight excluding hydrogens is 428 g/mol. The predicted octanol–water partition coefficient (Wildman–Crippen LogP) is 10.2. The number of hydrogen-bond donors (Lipinski definition) is 1. The van der Waals surface area contributed by atoms with Crippen molar-refractivity contribution in [3.63, 3.8) is 0 Å². The molecule has 0 radical (unpaired) electrons. The Morgan fingerprint density at radius 2 is 0.727 bits per heavy atom. The molecule has 0 aliphatic rings. The summed E-state index contributed by atoms with van der Waals surface area (Å²) in [7, 11) is -3.84. The van der Waals surface area contributed by atoms with Crippen molar-refractivity contribution in [3.05, 3.63) is 12.2 Å². The Balaban J connectivity index is 3.08. The van der Waals surface area contributed by atoms with Crippen molar-refractivity contribution in [2.24, 2.45) is 0 Å². The SMILES string of the molecule is CCCCCCCCCCCCCCCCCCCCCCCCCC/C=C/CS(=O)(=O)O. The van der Waals surface area contributed by atoms with Gasteiger partial charge in [-0.05, 0) is 12.8 Å². The molecule has 0 aromatic heterocycles. The van der Waals surface area contributed by atoms with Gasteiger partial charge in [0, 0.05) is 0 Å². The third-order valence-electron chi connectivity index (χ3n) is 6.70. The molecule has 3 nitrogen and oxygen atoms in total. The lowest BCUT2D eigenvalue weighted by Gasteiger charge is -2.04. The number of allylic oxidation sites excluding steroid dienone is 1. The molecule has 0 amide bonds. The molecule has 0 aliphatic carbocycles. The fourth-order valence-corrected chi connectivity index (χ4v) is 4.91. The van der Waals surface area contributed by atoms with Gasteiger partial charge in [0.05, 0.1) is 5.75 Å². The van der Waals surface area contributed by atoms with Crippen molar-refractivity contribution in [2.45, 2.75) is 167 Å². The lowest BCUT2D eigenvalue weighted by Crippen LogP contribution is -1.99. The zero-order valence-electron chi connectivity index (χ0n) is 22.2. The molecule has 0 bridgehead atoms. The monoisotopic (exact) mass is 486 g/mol. The summed E-state index contributed by atoms with van der Waals surface area (Å²) in [4.78, 5) is 0. The van der Waals surface area contributed by atoms with Gasteiger partial charge >= 0.3 is 0 Å². The average molecular weight is 487 g/mol. The van der Waals surface area contributed by atoms with Gasteiger partial charge in [-0.1, -0.05) is 167 Å². The van der Waals surface area contributed by atoms with E-state index in [2.05, 4.69) is 6.92 Å². The van der Waals surface area contributed by atoms with Gasteiger partial charge < -0.3 is 0 Å². The van der Waals surface area contributed by atoms with E-state index < -0.39 is 10.1 Å². The van der Waals surface area contributed by atoms with Crippen LogP contribution in [0.1, 0.15) is 167 Å². The fourth-order valence-electron chi connectivity index (χ4n) is 4.53. The van der Waals surface area contributed by atoms with Gasteiger partial charge in [-0.2, -0.15) is 8.42 Å². The van der Waals surface area contributed by atoms with Crippen molar-refractivity contribution >= 4 is 10.1 Å². The van der Waals surface area contributed by atoms with Crippen LogP contribution in [-0.2, 0) is 10.1 Å². The standard InChI is InChI=1S/C29H58O3S/c1-2-3-4-5-6-7-8-9-10-11-12-13-14-15-16-17-18-19-20-21-22-23-24-25-26-27-28-29-33(30,31)32/h27-28H,2-26,29H2,1H3,(H,30,31,32)/b28-27+. The molecule has 0 rings (SSSR count). The first-order chi connectivity index (χ1) is 16.1. The molecule has 0 aromatic rings. The topological polar surface area (TPSA) is 54.4 Å². The summed E-state index contributed by atoms with van der Waals surface area (Å²) in [6.45, 7) is 2.29. The van der Waals surface area contributed by atoms with E-state index in [0.717, 1.165) is 12.8 Å². The minimum absolute atomic E-state index is 0.258. The van der Waals surface area contributed by atoms with Gasteiger partial charge in [0.1, 0.15) is 0 Å². The van der Waals surface area contributed by atoms with Gasteiger partial charge in [-0.25, -0.2) is 0 Å². The maximum absolute atomic E-state index is 10.6. The molecule has 0 unspecified atom stereocenters. The van der Waals surface area contributed by atoms with Gasteiger partial charge in [0.25, 0.3) is 10.1 Å². The second-order valence-electron chi connectivity index (χ2n) is 10.1. The Kier molecular flexibility index (Phi) is 26.0. The van der Waals surface area contributed by atoms with Gasteiger partial charge in [-0.3, -0.25) is 4.55 Å². The highest BCUT2D eigenvalue weighted by atomic mass is 32.2. The fraction of sp³-hybridized carbons (Fsp3) is 0.931. The Labute approximate surface area is 208 Å². The van der Waals surface area contributed by atoms with Crippen LogP contribution < -0.4 is 0 Å². The number of unbranched alkanes of at least 4 members (excludes halogenated alkanes) is 24. The highest BCUT2D eigenvalue weighted by Crippen LogP contribution is 2.15. The Morgan fingerprint density at radius 3 is 1.00 bits per heavy atom. The smallest absolute Gasteiger partial charge is 0.268 e. The zero-order valence-corrected chi connectivity index (χ0v) is 23.0. The molecule has 0 aromatic carbocycles. The van der Waals surface area contributed by atoms with Crippen LogP contribution >= 0.6 is 0 Å². The predicted molar refractivity (Wildman–Crippen MR) is 147 cm³/mol. The summed E-state index contributed by atoms with van der Waals surface area (Å²) in [5.41, 5.74) is 0. The van der Waals surface area contributed by atoms with Crippen molar-refractivity contribution < 1.29 is 13.0 Å². The molecule has 0 fully saturated rings. The summed E-state index contributed by atoms with van der Waals surface area (Å²) in [5, 5.41) is 0. The molecule has 0 spiro atoms. The molecule has 0 atom stereocenters. The molecule has 198 valence electrons. The summed E-state index contributed by atoms with van der Waals surface area (Å²) in [5.74, 6) is -0.258. The van der Waals surface area contributed by atoms with Gasteiger partial charge in [0.15, 0.2) is 0 Å². The normalized spacial score (nSPS) is 12.2. The second kappa shape index (κ2) is 26.3. The van der Waals surface area contributed by atoms with E-state index in [1.807, 2.05) is 6.08 Å². The lowest BCUT2D eigenvalue weighted by molar-refractivity contribution is 0.486. The van der Waals surface area contributed by atoms with Crippen LogP contribution in [0.15, 0.2) is 12.2 Å². The first-order valence-electron chi connectivity index (χ1n) is 14.7. The molecular formula is C29H58O3S. The third kappa shape index (κ3) is 31.6. The maximum Gasteiger partial charge on any atom is 0.268 e. The minimum atomic E-state index is -3.84. The molecule has 0 heterocycles. The number of hydrogen-bond acceptors (Lipinski definition) is 2. The van der Waals surface area contributed by atoms with Gasteiger partial charge in [-0.15, -0.1) is 0 Å². The molecule has 0 aliphatic heterocycles. The quantitative estimate of drug-likeness (QED) is 0.0713. The average Bonchev–Trinajstić information content (AvgIpc) is 2.78. The van der Waals surface area contributed by atoms with Crippen molar-refractivity contribution in [2.75, 3.05) is 5.75 Å². The molecule has 4 heteroatoms. The third-order valence-corrected chi connectivity index (χ3v) is 7.31. The van der Waals surface area contributed by atoms with Crippen LogP contribution in [0.5, 0.6) is 0 Å². The van der Waals surface area contributed by atoms with Crippen LogP contribution in [0.4, 0.5) is 0 Å². The minimum Gasteiger partial charge on any atom is -0.285 e.